The standard InChI is InChI=1S/C7H13N3O2/c1-5-6(10(11)12)7(8-2)9(3)4/h5H,1-4H3/b6-5+,8-7?. The Hall–Kier alpha value is -1.39. The Morgan fingerprint density at radius 3 is 2.17 bits per heavy atom. The number of nitro groups is 1. The predicted octanol–water partition coefficient (Wildman–Crippen LogP) is 0.757. The van der Waals surface area contributed by atoms with Gasteiger partial charge in [0.1, 0.15) is 0 Å². The first-order valence-electron chi connectivity index (χ1n) is 3.49. The summed E-state index contributed by atoms with van der Waals surface area (Å²) in [4.78, 5) is 15.4. The maximum absolute atomic E-state index is 10.5. The Labute approximate surface area is 71.5 Å². The molecule has 0 fully saturated rings. The molecule has 0 rings (SSSR count). The van der Waals surface area contributed by atoms with Gasteiger partial charge in [-0.1, -0.05) is 0 Å². The number of hydrogen-bond acceptors (Lipinski definition) is 3. The van der Waals surface area contributed by atoms with E-state index < -0.39 is 4.92 Å². The van der Waals surface area contributed by atoms with E-state index >= 15 is 0 Å². The molecule has 0 spiro atoms. The van der Waals surface area contributed by atoms with Gasteiger partial charge in [0.25, 0.3) is 0 Å². The summed E-state index contributed by atoms with van der Waals surface area (Å²) >= 11 is 0. The van der Waals surface area contributed by atoms with E-state index in [1.165, 1.54) is 13.1 Å². The number of amidine groups is 1. The first-order chi connectivity index (χ1) is 5.54. The van der Waals surface area contributed by atoms with Crippen molar-refractivity contribution in [3.05, 3.63) is 21.9 Å². The van der Waals surface area contributed by atoms with Gasteiger partial charge >= 0.3 is 5.70 Å². The van der Waals surface area contributed by atoms with Crippen molar-refractivity contribution >= 4 is 5.84 Å². The second-order valence-corrected chi connectivity index (χ2v) is 2.37. The smallest absolute Gasteiger partial charge is 0.306 e. The topological polar surface area (TPSA) is 58.7 Å². The Morgan fingerprint density at radius 2 is 2.08 bits per heavy atom. The van der Waals surface area contributed by atoms with Gasteiger partial charge in [0.2, 0.25) is 5.84 Å². The molecule has 0 aromatic carbocycles. The summed E-state index contributed by atoms with van der Waals surface area (Å²) in [6.07, 6.45) is 1.43. The van der Waals surface area contributed by atoms with Crippen molar-refractivity contribution < 1.29 is 4.92 Å². The van der Waals surface area contributed by atoms with Crippen LogP contribution in [0.2, 0.25) is 0 Å². The van der Waals surface area contributed by atoms with E-state index in [0.717, 1.165) is 0 Å². The maximum Gasteiger partial charge on any atom is 0.306 e. The van der Waals surface area contributed by atoms with Crippen molar-refractivity contribution in [3.8, 4) is 0 Å². The summed E-state index contributed by atoms with van der Waals surface area (Å²) in [6.45, 7) is 1.62. The zero-order valence-electron chi connectivity index (χ0n) is 7.74. The molecule has 5 heteroatoms. The van der Waals surface area contributed by atoms with Crippen LogP contribution in [0, 0.1) is 10.1 Å². The SMILES string of the molecule is C/C=C(\C(=NC)N(C)C)[N+](=O)[O-]. The molecule has 0 saturated carbocycles. The fourth-order valence-corrected chi connectivity index (χ4v) is 0.860. The van der Waals surface area contributed by atoms with Crippen molar-refractivity contribution in [2.45, 2.75) is 6.92 Å². The number of nitrogens with zero attached hydrogens (tertiary/aromatic N) is 3. The maximum atomic E-state index is 10.5. The van der Waals surface area contributed by atoms with E-state index in [-0.39, 0.29) is 5.70 Å². The minimum atomic E-state index is -0.442. The Bertz CT molecular complexity index is 231. The zero-order chi connectivity index (χ0) is 9.72. The number of hydrogen-bond donors (Lipinski definition) is 0. The third-order valence-electron chi connectivity index (χ3n) is 1.33. The molecule has 0 saturated heterocycles. The number of allylic oxidation sites excluding steroid dienone is 1. The molecular weight excluding hydrogens is 158 g/mol. The molecule has 0 amide bonds. The van der Waals surface area contributed by atoms with Gasteiger partial charge in [-0.05, 0) is 13.0 Å². The van der Waals surface area contributed by atoms with Gasteiger partial charge in [0.15, 0.2) is 0 Å². The van der Waals surface area contributed by atoms with Crippen LogP contribution >= 0.6 is 0 Å². The van der Waals surface area contributed by atoms with Crippen LogP contribution in [-0.2, 0) is 0 Å². The quantitative estimate of drug-likeness (QED) is 0.267. The zero-order valence-corrected chi connectivity index (χ0v) is 7.74. The highest BCUT2D eigenvalue weighted by atomic mass is 16.6. The van der Waals surface area contributed by atoms with Gasteiger partial charge in [0, 0.05) is 21.1 Å². The average molecular weight is 171 g/mol. The summed E-state index contributed by atoms with van der Waals surface area (Å²) in [5.41, 5.74) is 0.0301. The second-order valence-electron chi connectivity index (χ2n) is 2.37. The lowest BCUT2D eigenvalue weighted by Gasteiger charge is -2.11. The number of aliphatic imine (C=N–C) groups is 1. The summed E-state index contributed by atoms with van der Waals surface area (Å²) in [6, 6.07) is 0. The van der Waals surface area contributed by atoms with Crippen molar-refractivity contribution in [1.29, 1.82) is 0 Å². The largest absolute Gasteiger partial charge is 0.357 e. The van der Waals surface area contributed by atoms with Crippen molar-refractivity contribution in [2.75, 3.05) is 21.1 Å². The lowest BCUT2D eigenvalue weighted by molar-refractivity contribution is -0.416. The van der Waals surface area contributed by atoms with E-state index in [1.807, 2.05) is 0 Å². The average Bonchev–Trinajstić information content (AvgIpc) is 1.98. The van der Waals surface area contributed by atoms with Crippen molar-refractivity contribution in [3.63, 3.8) is 0 Å². The molecule has 5 nitrogen and oxygen atoms in total. The molecule has 68 valence electrons. The van der Waals surface area contributed by atoms with Crippen LogP contribution < -0.4 is 0 Å². The van der Waals surface area contributed by atoms with Gasteiger partial charge in [-0.2, -0.15) is 0 Å². The molecule has 0 unspecified atom stereocenters. The molecule has 0 radical (unpaired) electrons. The monoisotopic (exact) mass is 171 g/mol. The molecule has 0 aromatic rings. The second kappa shape index (κ2) is 4.48. The van der Waals surface area contributed by atoms with Crippen molar-refractivity contribution in [1.82, 2.24) is 4.90 Å². The number of rotatable bonds is 2. The van der Waals surface area contributed by atoms with Crippen LogP contribution in [0.1, 0.15) is 6.92 Å². The van der Waals surface area contributed by atoms with Gasteiger partial charge in [-0.25, -0.2) is 0 Å². The number of likely N-dealkylation sites (N-methyl/N-ethyl adjacent to an activating group) is 1. The summed E-state index contributed by atoms with van der Waals surface area (Å²) in [5.74, 6) is 0.377. The highest BCUT2D eigenvalue weighted by Crippen LogP contribution is 2.01. The lowest BCUT2D eigenvalue weighted by Crippen LogP contribution is -2.27. The van der Waals surface area contributed by atoms with Crippen LogP contribution in [-0.4, -0.2) is 36.8 Å². The van der Waals surface area contributed by atoms with Gasteiger partial charge < -0.3 is 4.90 Å². The van der Waals surface area contributed by atoms with E-state index in [2.05, 4.69) is 4.99 Å². The third kappa shape index (κ3) is 2.34. The fraction of sp³-hybridized carbons (Fsp3) is 0.571. The van der Waals surface area contributed by atoms with Gasteiger partial charge in [-0.15, -0.1) is 0 Å². The molecule has 12 heavy (non-hydrogen) atoms. The minimum Gasteiger partial charge on any atom is -0.357 e. The van der Waals surface area contributed by atoms with Crippen LogP contribution in [0.25, 0.3) is 0 Å². The summed E-state index contributed by atoms with van der Waals surface area (Å²) in [7, 11) is 4.97. The van der Waals surface area contributed by atoms with Crippen molar-refractivity contribution in [2.24, 2.45) is 4.99 Å². The lowest BCUT2D eigenvalue weighted by atomic mass is 10.3. The van der Waals surface area contributed by atoms with Gasteiger partial charge in [-0.3, -0.25) is 15.1 Å². The Morgan fingerprint density at radius 1 is 1.58 bits per heavy atom. The van der Waals surface area contributed by atoms with E-state index in [4.69, 9.17) is 0 Å². The van der Waals surface area contributed by atoms with E-state index in [1.54, 1.807) is 25.9 Å². The molecule has 0 N–H and O–H groups in total. The normalized spacial score (nSPS) is 13.0. The van der Waals surface area contributed by atoms with Crippen LogP contribution in [0.15, 0.2) is 16.8 Å². The predicted molar refractivity (Wildman–Crippen MR) is 47.8 cm³/mol. The molecule has 0 aliphatic heterocycles. The Balaban J connectivity index is 4.85. The highest BCUT2D eigenvalue weighted by Gasteiger charge is 2.18. The first kappa shape index (κ1) is 10.6. The van der Waals surface area contributed by atoms with Crippen LogP contribution in [0.5, 0.6) is 0 Å². The highest BCUT2D eigenvalue weighted by molar-refractivity contribution is 5.95. The first-order valence-corrected chi connectivity index (χ1v) is 3.49. The van der Waals surface area contributed by atoms with Crippen LogP contribution in [0.4, 0.5) is 0 Å². The van der Waals surface area contributed by atoms with Crippen LogP contribution in [0.3, 0.4) is 0 Å². The van der Waals surface area contributed by atoms with E-state index in [0.29, 0.717) is 5.84 Å². The molecule has 0 atom stereocenters. The summed E-state index contributed by atoms with van der Waals surface area (Å²) < 4.78 is 0. The van der Waals surface area contributed by atoms with Gasteiger partial charge in [0.05, 0.1) is 4.92 Å². The third-order valence-corrected chi connectivity index (χ3v) is 1.33. The molecule has 0 aliphatic rings. The molecule has 0 heterocycles. The molecule has 0 aliphatic carbocycles. The summed E-state index contributed by atoms with van der Waals surface area (Å²) in [5, 5.41) is 10.5. The Kier molecular flexibility index (Phi) is 3.96. The minimum absolute atomic E-state index is 0.0301. The van der Waals surface area contributed by atoms with E-state index in [9.17, 15) is 10.1 Å². The molecule has 0 bridgehead atoms. The molecular formula is C7H13N3O2. The fourth-order valence-electron chi connectivity index (χ4n) is 0.860. The molecule has 0 aromatic heterocycles.